The summed E-state index contributed by atoms with van der Waals surface area (Å²) in [6.45, 7) is 4.96. The van der Waals surface area contributed by atoms with Crippen LogP contribution in [0.2, 0.25) is 0 Å². The van der Waals surface area contributed by atoms with Crippen LogP contribution in [0.4, 0.5) is 0 Å². The third-order valence-corrected chi connectivity index (χ3v) is 4.20. The van der Waals surface area contributed by atoms with E-state index in [1.165, 1.54) is 12.8 Å². The molecule has 1 aliphatic heterocycles. The monoisotopic (exact) mass is 265 g/mol. The number of hydrogen-bond acceptors (Lipinski definition) is 5. The van der Waals surface area contributed by atoms with Gasteiger partial charge in [0.15, 0.2) is 5.82 Å². The summed E-state index contributed by atoms with van der Waals surface area (Å²) in [5.41, 5.74) is 0. The second kappa shape index (κ2) is 6.01. The van der Waals surface area contributed by atoms with E-state index < -0.39 is 0 Å². The number of nitrogens with one attached hydrogen (secondary N) is 1. The highest BCUT2D eigenvalue weighted by Gasteiger charge is 2.31. The molecule has 106 valence electrons. The minimum Gasteiger partial charge on any atom is -0.378 e. The predicted octanol–water partition coefficient (Wildman–Crippen LogP) is 1.89. The molecule has 1 atom stereocenters. The van der Waals surface area contributed by atoms with Gasteiger partial charge in [0.25, 0.3) is 0 Å². The van der Waals surface area contributed by atoms with E-state index in [2.05, 4.69) is 22.4 Å². The third-order valence-electron chi connectivity index (χ3n) is 4.20. The van der Waals surface area contributed by atoms with Crippen molar-refractivity contribution in [3.63, 3.8) is 0 Å². The van der Waals surface area contributed by atoms with Gasteiger partial charge in [0.05, 0.1) is 6.10 Å². The summed E-state index contributed by atoms with van der Waals surface area (Å²) in [4.78, 5) is 4.57. The van der Waals surface area contributed by atoms with Crippen LogP contribution in [-0.4, -0.2) is 35.9 Å². The fraction of sp³-hybridized carbons (Fsp3) is 0.857. The Balaban J connectivity index is 1.48. The maximum absolute atomic E-state index is 5.57. The van der Waals surface area contributed by atoms with E-state index in [9.17, 15) is 0 Å². The van der Waals surface area contributed by atoms with Gasteiger partial charge in [0.2, 0.25) is 5.89 Å². The highest BCUT2D eigenvalue weighted by Crippen LogP contribution is 2.32. The highest BCUT2D eigenvalue weighted by molar-refractivity contribution is 4.99. The Morgan fingerprint density at radius 2 is 2.32 bits per heavy atom. The molecule has 1 aromatic heterocycles. The first-order chi connectivity index (χ1) is 9.35. The SMILES string of the molecule is CCOC1CC(Cc2nc(C3CCCNC3)no2)C1. The minimum atomic E-state index is 0.434. The van der Waals surface area contributed by atoms with E-state index in [0.717, 1.165) is 50.7 Å². The van der Waals surface area contributed by atoms with Crippen LogP contribution < -0.4 is 5.32 Å². The summed E-state index contributed by atoms with van der Waals surface area (Å²) < 4.78 is 11.0. The Bertz CT molecular complexity index is 395. The van der Waals surface area contributed by atoms with Crippen LogP contribution in [0, 0.1) is 5.92 Å². The molecule has 1 saturated carbocycles. The summed E-state index contributed by atoms with van der Waals surface area (Å²) in [6, 6.07) is 0. The molecule has 0 bridgehead atoms. The zero-order valence-corrected chi connectivity index (χ0v) is 11.6. The zero-order chi connectivity index (χ0) is 13.1. The molecule has 2 heterocycles. The summed E-state index contributed by atoms with van der Waals surface area (Å²) >= 11 is 0. The fourth-order valence-corrected chi connectivity index (χ4v) is 3.05. The van der Waals surface area contributed by atoms with E-state index >= 15 is 0 Å². The van der Waals surface area contributed by atoms with Crippen molar-refractivity contribution >= 4 is 0 Å². The average Bonchev–Trinajstić information content (AvgIpc) is 2.86. The van der Waals surface area contributed by atoms with Gasteiger partial charge in [-0.25, -0.2) is 0 Å². The van der Waals surface area contributed by atoms with Gasteiger partial charge < -0.3 is 14.6 Å². The Labute approximate surface area is 114 Å². The van der Waals surface area contributed by atoms with Gasteiger partial charge in [-0.15, -0.1) is 0 Å². The zero-order valence-electron chi connectivity index (χ0n) is 11.6. The van der Waals surface area contributed by atoms with Gasteiger partial charge in [-0.05, 0) is 45.1 Å². The first kappa shape index (κ1) is 13.1. The lowest BCUT2D eigenvalue weighted by atomic mass is 9.80. The topological polar surface area (TPSA) is 60.2 Å². The van der Waals surface area contributed by atoms with Crippen LogP contribution >= 0.6 is 0 Å². The van der Waals surface area contributed by atoms with Gasteiger partial charge >= 0.3 is 0 Å². The third kappa shape index (κ3) is 3.15. The molecule has 0 aromatic carbocycles. The smallest absolute Gasteiger partial charge is 0.226 e. The maximum Gasteiger partial charge on any atom is 0.226 e. The van der Waals surface area contributed by atoms with Crippen molar-refractivity contribution < 1.29 is 9.26 Å². The predicted molar refractivity (Wildman–Crippen MR) is 71.0 cm³/mol. The van der Waals surface area contributed by atoms with Crippen LogP contribution in [-0.2, 0) is 11.2 Å². The van der Waals surface area contributed by atoms with Gasteiger partial charge in [-0.2, -0.15) is 4.98 Å². The first-order valence-corrected chi connectivity index (χ1v) is 7.50. The van der Waals surface area contributed by atoms with Crippen LogP contribution in [0.15, 0.2) is 4.52 Å². The number of rotatable bonds is 5. The molecular weight excluding hydrogens is 242 g/mol. The molecule has 0 radical (unpaired) electrons. The van der Waals surface area contributed by atoms with Crippen LogP contribution in [0.25, 0.3) is 0 Å². The standard InChI is InChI=1S/C14H23N3O2/c1-2-18-12-6-10(7-12)8-13-16-14(17-19-13)11-4-3-5-15-9-11/h10-12,15H,2-9H2,1H3. The lowest BCUT2D eigenvalue weighted by Gasteiger charge is -2.33. The Kier molecular flexibility index (Phi) is 4.13. The second-order valence-corrected chi connectivity index (χ2v) is 5.71. The molecule has 1 saturated heterocycles. The van der Waals surface area contributed by atoms with E-state index in [-0.39, 0.29) is 0 Å². The van der Waals surface area contributed by atoms with Crippen molar-refractivity contribution in [1.82, 2.24) is 15.5 Å². The first-order valence-electron chi connectivity index (χ1n) is 7.50. The summed E-state index contributed by atoms with van der Waals surface area (Å²) in [5.74, 6) is 2.79. The lowest BCUT2D eigenvalue weighted by Crippen LogP contribution is -2.32. The molecule has 1 aromatic rings. The number of piperidine rings is 1. The van der Waals surface area contributed by atoms with Crippen molar-refractivity contribution in [3.05, 3.63) is 11.7 Å². The number of ether oxygens (including phenoxy) is 1. The van der Waals surface area contributed by atoms with Gasteiger partial charge in [-0.1, -0.05) is 5.16 Å². The van der Waals surface area contributed by atoms with Gasteiger partial charge in [0, 0.05) is 25.5 Å². The number of hydrogen-bond donors (Lipinski definition) is 1. The minimum absolute atomic E-state index is 0.434. The maximum atomic E-state index is 5.57. The molecular formula is C14H23N3O2. The van der Waals surface area contributed by atoms with Crippen LogP contribution in [0.1, 0.15) is 50.2 Å². The van der Waals surface area contributed by atoms with Gasteiger partial charge in [0.1, 0.15) is 0 Å². The largest absolute Gasteiger partial charge is 0.378 e. The molecule has 19 heavy (non-hydrogen) atoms. The van der Waals surface area contributed by atoms with Crippen molar-refractivity contribution in [2.24, 2.45) is 5.92 Å². The molecule has 5 heteroatoms. The number of aromatic nitrogens is 2. The molecule has 2 aliphatic rings. The average molecular weight is 265 g/mol. The van der Waals surface area contributed by atoms with Crippen molar-refractivity contribution in [3.8, 4) is 0 Å². The molecule has 1 aliphatic carbocycles. The molecule has 0 spiro atoms. The van der Waals surface area contributed by atoms with Crippen molar-refractivity contribution in [2.75, 3.05) is 19.7 Å². The Morgan fingerprint density at radius 1 is 1.42 bits per heavy atom. The molecule has 3 rings (SSSR count). The van der Waals surface area contributed by atoms with Crippen LogP contribution in [0.3, 0.4) is 0 Å². The fourth-order valence-electron chi connectivity index (χ4n) is 3.05. The Hall–Kier alpha value is -0.940. The van der Waals surface area contributed by atoms with E-state index in [1.54, 1.807) is 0 Å². The second-order valence-electron chi connectivity index (χ2n) is 5.71. The lowest BCUT2D eigenvalue weighted by molar-refractivity contribution is -0.0258. The van der Waals surface area contributed by atoms with E-state index in [1.807, 2.05) is 0 Å². The van der Waals surface area contributed by atoms with Gasteiger partial charge in [-0.3, -0.25) is 0 Å². The summed E-state index contributed by atoms with van der Waals surface area (Å²) in [5, 5.41) is 7.54. The van der Waals surface area contributed by atoms with Crippen LogP contribution in [0.5, 0.6) is 0 Å². The molecule has 1 unspecified atom stereocenters. The van der Waals surface area contributed by atoms with E-state index in [0.29, 0.717) is 17.9 Å². The van der Waals surface area contributed by atoms with Crippen molar-refractivity contribution in [1.29, 1.82) is 0 Å². The Morgan fingerprint density at radius 3 is 3.05 bits per heavy atom. The summed E-state index contributed by atoms with van der Waals surface area (Å²) in [6.07, 6.45) is 6.01. The molecule has 5 nitrogen and oxygen atoms in total. The normalized spacial score (nSPS) is 31.1. The number of nitrogens with zero attached hydrogens (tertiary/aromatic N) is 2. The summed E-state index contributed by atoms with van der Waals surface area (Å²) in [7, 11) is 0. The highest BCUT2D eigenvalue weighted by atomic mass is 16.5. The molecule has 1 N–H and O–H groups in total. The molecule has 2 fully saturated rings. The quantitative estimate of drug-likeness (QED) is 0.881. The van der Waals surface area contributed by atoms with Crippen molar-refractivity contribution in [2.45, 2.75) is 51.0 Å². The molecule has 0 amide bonds. The van der Waals surface area contributed by atoms with E-state index in [4.69, 9.17) is 9.26 Å².